The van der Waals surface area contributed by atoms with Crippen molar-refractivity contribution in [3.05, 3.63) is 35.4 Å². The second-order valence-corrected chi connectivity index (χ2v) is 5.99. The number of aromatic carboxylic acids is 1. The molecule has 2 saturated carbocycles. The average Bonchev–Trinajstić information content (AvgIpc) is 3.36. The van der Waals surface area contributed by atoms with Crippen molar-refractivity contribution in [3.8, 4) is 0 Å². The van der Waals surface area contributed by atoms with E-state index in [1.54, 1.807) is 24.3 Å². The zero-order valence-corrected chi connectivity index (χ0v) is 11.9. The van der Waals surface area contributed by atoms with E-state index in [4.69, 9.17) is 5.11 Å². The Morgan fingerprint density at radius 1 is 1.14 bits per heavy atom. The van der Waals surface area contributed by atoms with Crippen molar-refractivity contribution in [2.24, 2.45) is 5.92 Å². The Bertz CT molecular complexity index is 533. The van der Waals surface area contributed by atoms with Crippen molar-refractivity contribution < 1.29 is 14.7 Å². The Labute approximate surface area is 123 Å². The van der Waals surface area contributed by atoms with Gasteiger partial charge in [0.05, 0.1) is 5.56 Å². The van der Waals surface area contributed by atoms with Gasteiger partial charge in [0.25, 0.3) is 0 Å². The van der Waals surface area contributed by atoms with E-state index in [9.17, 15) is 9.59 Å². The maximum atomic E-state index is 12.3. The summed E-state index contributed by atoms with van der Waals surface area (Å²) in [5.74, 6) is -0.235. The van der Waals surface area contributed by atoms with Gasteiger partial charge in [-0.05, 0) is 49.3 Å². The molecule has 0 unspecified atom stereocenters. The fraction of sp³-hybridized carbons (Fsp3) is 0.500. The van der Waals surface area contributed by atoms with Crippen LogP contribution in [0.25, 0.3) is 0 Å². The summed E-state index contributed by atoms with van der Waals surface area (Å²) in [5, 5.41) is 11.8. The Kier molecular flexibility index (Phi) is 3.82. The average molecular weight is 288 g/mol. The molecule has 0 bridgehead atoms. The SMILES string of the molecule is O=C(O)c1ccc(CNC(=O)N(CC2CC2)C2CC2)cc1. The fourth-order valence-corrected chi connectivity index (χ4v) is 2.41. The first kappa shape index (κ1) is 13.9. The number of amides is 2. The van der Waals surface area contributed by atoms with E-state index < -0.39 is 5.97 Å². The molecule has 0 heterocycles. The normalized spacial score (nSPS) is 17.3. The van der Waals surface area contributed by atoms with Crippen molar-refractivity contribution in [3.63, 3.8) is 0 Å². The second-order valence-electron chi connectivity index (χ2n) is 5.99. The number of nitrogens with zero attached hydrogens (tertiary/aromatic N) is 1. The molecule has 0 saturated heterocycles. The van der Waals surface area contributed by atoms with E-state index in [1.165, 1.54) is 12.8 Å². The molecule has 3 rings (SSSR count). The van der Waals surface area contributed by atoms with Gasteiger partial charge in [0.1, 0.15) is 0 Å². The van der Waals surface area contributed by atoms with E-state index in [1.807, 2.05) is 4.90 Å². The van der Waals surface area contributed by atoms with Gasteiger partial charge >= 0.3 is 12.0 Å². The van der Waals surface area contributed by atoms with Crippen LogP contribution in [-0.4, -0.2) is 34.6 Å². The van der Waals surface area contributed by atoms with E-state index in [0.717, 1.165) is 24.9 Å². The molecule has 2 N–H and O–H groups in total. The molecule has 2 fully saturated rings. The number of rotatable bonds is 6. The summed E-state index contributed by atoms with van der Waals surface area (Å²) < 4.78 is 0. The van der Waals surface area contributed by atoms with Gasteiger partial charge in [-0.3, -0.25) is 0 Å². The summed E-state index contributed by atoms with van der Waals surface area (Å²) >= 11 is 0. The van der Waals surface area contributed by atoms with Crippen LogP contribution in [0.2, 0.25) is 0 Å². The Hall–Kier alpha value is -2.04. The van der Waals surface area contributed by atoms with Gasteiger partial charge in [-0.15, -0.1) is 0 Å². The molecule has 21 heavy (non-hydrogen) atoms. The van der Waals surface area contributed by atoms with Gasteiger partial charge in [0, 0.05) is 19.1 Å². The van der Waals surface area contributed by atoms with Crippen LogP contribution in [-0.2, 0) is 6.54 Å². The van der Waals surface area contributed by atoms with Crippen LogP contribution in [0, 0.1) is 5.92 Å². The van der Waals surface area contributed by atoms with E-state index >= 15 is 0 Å². The number of benzene rings is 1. The molecule has 0 aromatic heterocycles. The summed E-state index contributed by atoms with van der Waals surface area (Å²) in [6, 6.07) is 7.05. The number of carbonyl (C=O) groups excluding carboxylic acids is 1. The molecular weight excluding hydrogens is 268 g/mol. The first-order valence-corrected chi connectivity index (χ1v) is 7.50. The highest BCUT2D eigenvalue weighted by Gasteiger charge is 2.36. The number of carbonyl (C=O) groups is 2. The van der Waals surface area contributed by atoms with E-state index in [0.29, 0.717) is 18.5 Å². The summed E-state index contributed by atoms with van der Waals surface area (Å²) in [4.78, 5) is 25.0. The maximum absolute atomic E-state index is 12.3. The van der Waals surface area contributed by atoms with Crippen LogP contribution in [0.3, 0.4) is 0 Å². The first-order chi connectivity index (χ1) is 10.1. The van der Waals surface area contributed by atoms with Crippen LogP contribution in [0.5, 0.6) is 0 Å². The largest absolute Gasteiger partial charge is 0.478 e. The first-order valence-electron chi connectivity index (χ1n) is 7.50. The summed E-state index contributed by atoms with van der Waals surface area (Å²) in [7, 11) is 0. The number of carboxylic acid groups (broad SMARTS) is 1. The minimum absolute atomic E-state index is 0.00621. The van der Waals surface area contributed by atoms with Crippen molar-refractivity contribution in [1.82, 2.24) is 10.2 Å². The summed E-state index contributed by atoms with van der Waals surface area (Å²) in [6.45, 7) is 1.32. The van der Waals surface area contributed by atoms with Gasteiger partial charge in [0.2, 0.25) is 0 Å². The highest BCUT2D eigenvalue weighted by Crippen LogP contribution is 2.34. The lowest BCUT2D eigenvalue weighted by Gasteiger charge is -2.22. The molecule has 0 atom stereocenters. The third-order valence-corrected chi connectivity index (χ3v) is 4.04. The molecule has 112 valence electrons. The van der Waals surface area contributed by atoms with Crippen LogP contribution in [0.15, 0.2) is 24.3 Å². The third kappa shape index (κ3) is 3.74. The summed E-state index contributed by atoms with van der Waals surface area (Å²) in [5.41, 5.74) is 1.17. The van der Waals surface area contributed by atoms with Gasteiger partial charge in [-0.1, -0.05) is 12.1 Å². The molecule has 5 heteroatoms. The quantitative estimate of drug-likeness (QED) is 0.845. The Morgan fingerprint density at radius 3 is 2.33 bits per heavy atom. The standard InChI is InChI=1S/C16H20N2O3/c19-15(20)13-5-3-11(4-6-13)9-17-16(21)18(14-7-8-14)10-12-1-2-12/h3-6,12,14H,1-2,7-10H2,(H,17,21)(H,19,20). The van der Waals surface area contributed by atoms with Crippen LogP contribution < -0.4 is 5.32 Å². The molecule has 2 aliphatic carbocycles. The lowest BCUT2D eigenvalue weighted by Crippen LogP contribution is -2.42. The minimum atomic E-state index is -0.935. The monoisotopic (exact) mass is 288 g/mol. The van der Waals surface area contributed by atoms with E-state index in [2.05, 4.69) is 5.32 Å². The third-order valence-electron chi connectivity index (χ3n) is 4.04. The predicted molar refractivity (Wildman–Crippen MR) is 78.1 cm³/mol. The zero-order valence-electron chi connectivity index (χ0n) is 11.9. The van der Waals surface area contributed by atoms with Crippen LogP contribution >= 0.6 is 0 Å². The topological polar surface area (TPSA) is 69.6 Å². The van der Waals surface area contributed by atoms with Gasteiger partial charge in [0.15, 0.2) is 0 Å². The van der Waals surface area contributed by atoms with Gasteiger partial charge in [-0.25, -0.2) is 9.59 Å². The molecule has 5 nitrogen and oxygen atoms in total. The Balaban J connectivity index is 1.52. The molecule has 1 aromatic rings. The number of hydrogen-bond acceptors (Lipinski definition) is 2. The maximum Gasteiger partial charge on any atom is 0.335 e. The molecular formula is C16H20N2O3. The Morgan fingerprint density at radius 2 is 1.81 bits per heavy atom. The molecule has 1 aromatic carbocycles. The second kappa shape index (κ2) is 5.76. The van der Waals surface area contributed by atoms with Crippen LogP contribution in [0.1, 0.15) is 41.6 Å². The van der Waals surface area contributed by atoms with Crippen molar-refractivity contribution >= 4 is 12.0 Å². The number of carboxylic acids is 1. The number of urea groups is 1. The highest BCUT2D eigenvalue weighted by molar-refractivity contribution is 5.87. The van der Waals surface area contributed by atoms with E-state index in [-0.39, 0.29) is 11.6 Å². The molecule has 0 radical (unpaired) electrons. The smallest absolute Gasteiger partial charge is 0.335 e. The van der Waals surface area contributed by atoms with Gasteiger partial charge in [-0.2, -0.15) is 0 Å². The molecule has 0 aliphatic heterocycles. The predicted octanol–water partition coefficient (Wildman–Crippen LogP) is 2.47. The number of nitrogens with one attached hydrogen (secondary N) is 1. The van der Waals surface area contributed by atoms with Crippen molar-refractivity contribution in [1.29, 1.82) is 0 Å². The minimum Gasteiger partial charge on any atom is -0.478 e. The lowest BCUT2D eigenvalue weighted by atomic mass is 10.1. The van der Waals surface area contributed by atoms with Crippen LogP contribution in [0.4, 0.5) is 4.79 Å². The molecule has 2 aliphatic rings. The molecule has 0 spiro atoms. The zero-order chi connectivity index (χ0) is 14.8. The lowest BCUT2D eigenvalue weighted by molar-refractivity contribution is 0.0697. The fourth-order valence-electron chi connectivity index (χ4n) is 2.41. The van der Waals surface area contributed by atoms with Gasteiger partial charge < -0.3 is 15.3 Å². The van der Waals surface area contributed by atoms with Crippen molar-refractivity contribution in [2.75, 3.05) is 6.54 Å². The summed E-state index contributed by atoms with van der Waals surface area (Å²) in [6.07, 6.45) is 4.72. The highest BCUT2D eigenvalue weighted by atomic mass is 16.4. The number of hydrogen-bond donors (Lipinski definition) is 2. The molecule has 2 amide bonds. The van der Waals surface area contributed by atoms with Crippen molar-refractivity contribution in [2.45, 2.75) is 38.3 Å².